The summed E-state index contributed by atoms with van der Waals surface area (Å²) in [7, 11) is 0. The summed E-state index contributed by atoms with van der Waals surface area (Å²) in [5, 5.41) is 0. The van der Waals surface area contributed by atoms with Gasteiger partial charge in [-0.25, -0.2) is 4.39 Å². The quantitative estimate of drug-likeness (QED) is 0.902. The van der Waals surface area contributed by atoms with Crippen molar-refractivity contribution in [3.63, 3.8) is 0 Å². The van der Waals surface area contributed by atoms with Gasteiger partial charge in [-0.3, -0.25) is 4.98 Å². The van der Waals surface area contributed by atoms with Gasteiger partial charge in [0.15, 0.2) is 0 Å². The van der Waals surface area contributed by atoms with Crippen LogP contribution in [-0.4, -0.2) is 4.98 Å². The van der Waals surface area contributed by atoms with E-state index in [9.17, 15) is 4.39 Å². The van der Waals surface area contributed by atoms with Crippen molar-refractivity contribution >= 4 is 0 Å². The molecular formula is C14H15FN2O. The third kappa shape index (κ3) is 3.05. The van der Waals surface area contributed by atoms with Crippen molar-refractivity contribution in [2.75, 3.05) is 0 Å². The van der Waals surface area contributed by atoms with Crippen LogP contribution >= 0.6 is 0 Å². The van der Waals surface area contributed by atoms with Gasteiger partial charge in [-0.2, -0.15) is 0 Å². The van der Waals surface area contributed by atoms with Gasteiger partial charge in [0.25, 0.3) is 0 Å². The molecule has 18 heavy (non-hydrogen) atoms. The molecule has 0 radical (unpaired) electrons. The number of halogens is 1. The van der Waals surface area contributed by atoms with Gasteiger partial charge in [-0.15, -0.1) is 0 Å². The number of ether oxygens (including phenoxy) is 1. The van der Waals surface area contributed by atoms with E-state index in [4.69, 9.17) is 10.5 Å². The van der Waals surface area contributed by atoms with Crippen LogP contribution in [0.1, 0.15) is 24.2 Å². The lowest BCUT2D eigenvalue weighted by Gasteiger charge is -2.13. The highest BCUT2D eigenvalue weighted by Crippen LogP contribution is 2.25. The Morgan fingerprint density at radius 2 is 2.17 bits per heavy atom. The number of nitrogens with two attached hydrogens (primary N) is 1. The molecule has 0 saturated heterocycles. The Labute approximate surface area is 105 Å². The molecule has 0 spiro atoms. The first kappa shape index (κ1) is 12.5. The number of nitrogens with zero attached hydrogens (tertiary/aromatic N) is 1. The Kier molecular flexibility index (Phi) is 3.89. The number of hydrogen-bond acceptors (Lipinski definition) is 3. The van der Waals surface area contributed by atoms with Crippen LogP contribution in [0, 0.1) is 5.82 Å². The first-order valence-corrected chi connectivity index (χ1v) is 5.74. The summed E-state index contributed by atoms with van der Waals surface area (Å²) in [5.74, 6) is 0.282. The Balaban J connectivity index is 2.14. The Hall–Kier alpha value is -1.94. The highest BCUT2D eigenvalue weighted by molar-refractivity contribution is 5.36. The minimum atomic E-state index is -0.313. The predicted molar refractivity (Wildman–Crippen MR) is 67.6 cm³/mol. The van der Waals surface area contributed by atoms with Crippen molar-refractivity contribution in [3.05, 3.63) is 59.7 Å². The smallest absolute Gasteiger partial charge is 0.130 e. The van der Waals surface area contributed by atoms with Crippen LogP contribution in [0.5, 0.6) is 5.75 Å². The zero-order chi connectivity index (χ0) is 13.0. The van der Waals surface area contributed by atoms with E-state index < -0.39 is 0 Å². The van der Waals surface area contributed by atoms with Crippen LogP contribution in [0.2, 0.25) is 0 Å². The molecule has 2 rings (SSSR count). The summed E-state index contributed by atoms with van der Waals surface area (Å²) in [4.78, 5) is 4.16. The molecule has 0 fully saturated rings. The second-order valence-electron chi connectivity index (χ2n) is 4.08. The molecule has 94 valence electrons. The van der Waals surface area contributed by atoms with Crippen molar-refractivity contribution < 1.29 is 9.13 Å². The van der Waals surface area contributed by atoms with Gasteiger partial charge in [-0.05, 0) is 37.3 Å². The molecule has 2 aromatic rings. The summed E-state index contributed by atoms with van der Waals surface area (Å²) >= 11 is 0. The molecule has 2 N–H and O–H groups in total. The molecule has 1 aromatic heterocycles. The van der Waals surface area contributed by atoms with Gasteiger partial charge in [0.2, 0.25) is 0 Å². The lowest BCUT2D eigenvalue weighted by molar-refractivity contribution is 0.296. The van der Waals surface area contributed by atoms with Gasteiger partial charge in [0, 0.05) is 17.8 Å². The van der Waals surface area contributed by atoms with Gasteiger partial charge in [-0.1, -0.05) is 6.07 Å². The third-order valence-electron chi connectivity index (χ3n) is 2.56. The molecule has 1 aromatic carbocycles. The second-order valence-corrected chi connectivity index (χ2v) is 4.08. The first-order valence-electron chi connectivity index (χ1n) is 5.74. The summed E-state index contributed by atoms with van der Waals surface area (Å²) in [5.41, 5.74) is 7.27. The number of benzene rings is 1. The number of rotatable bonds is 4. The van der Waals surface area contributed by atoms with E-state index >= 15 is 0 Å². The van der Waals surface area contributed by atoms with E-state index in [2.05, 4.69) is 4.98 Å². The maximum Gasteiger partial charge on any atom is 0.130 e. The Bertz CT molecular complexity index is 514. The van der Waals surface area contributed by atoms with Crippen LogP contribution in [0.3, 0.4) is 0 Å². The highest BCUT2D eigenvalue weighted by Gasteiger charge is 2.09. The lowest BCUT2D eigenvalue weighted by atomic mass is 10.1. The molecule has 0 bridgehead atoms. The number of aromatic nitrogens is 1. The summed E-state index contributed by atoms with van der Waals surface area (Å²) in [6.45, 7) is 2.13. The normalized spacial score (nSPS) is 12.2. The van der Waals surface area contributed by atoms with E-state index in [0.717, 1.165) is 5.69 Å². The molecule has 0 amide bonds. The van der Waals surface area contributed by atoms with E-state index in [-0.39, 0.29) is 11.9 Å². The van der Waals surface area contributed by atoms with Crippen LogP contribution in [-0.2, 0) is 6.61 Å². The summed E-state index contributed by atoms with van der Waals surface area (Å²) < 4.78 is 18.8. The van der Waals surface area contributed by atoms with E-state index in [0.29, 0.717) is 17.9 Å². The average Bonchev–Trinajstić information content (AvgIpc) is 2.38. The largest absolute Gasteiger partial charge is 0.487 e. The fourth-order valence-electron chi connectivity index (χ4n) is 1.64. The van der Waals surface area contributed by atoms with Crippen molar-refractivity contribution in [1.29, 1.82) is 0 Å². The molecule has 0 unspecified atom stereocenters. The minimum Gasteiger partial charge on any atom is -0.487 e. The minimum absolute atomic E-state index is 0.278. The highest BCUT2D eigenvalue weighted by atomic mass is 19.1. The lowest BCUT2D eigenvalue weighted by Crippen LogP contribution is -2.09. The van der Waals surface area contributed by atoms with E-state index in [1.54, 1.807) is 19.2 Å². The maximum absolute atomic E-state index is 13.1. The second kappa shape index (κ2) is 5.60. The molecule has 1 heterocycles. The van der Waals surface area contributed by atoms with Gasteiger partial charge >= 0.3 is 0 Å². The SMILES string of the molecule is C[C@@H](N)c1cc(F)ccc1OCc1ccccn1. The van der Waals surface area contributed by atoms with Gasteiger partial charge in [0.05, 0.1) is 5.69 Å². The standard InChI is InChI=1S/C14H15FN2O/c1-10(16)13-8-11(15)5-6-14(13)18-9-12-4-2-3-7-17-12/h2-8,10H,9,16H2,1H3/t10-/m1/s1. The van der Waals surface area contributed by atoms with Gasteiger partial charge in [0.1, 0.15) is 18.2 Å². The maximum atomic E-state index is 13.1. The Morgan fingerprint density at radius 1 is 1.33 bits per heavy atom. The molecule has 1 atom stereocenters. The van der Waals surface area contributed by atoms with Crippen LogP contribution in [0.15, 0.2) is 42.6 Å². The zero-order valence-corrected chi connectivity index (χ0v) is 10.1. The predicted octanol–water partition coefficient (Wildman–Crippen LogP) is 2.82. The fourth-order valence-corrected chi connectivity index (χ4v) is 1.64. The first-order chi connectivity index (χ1) is 8.66. The Morgan fingerprint density at radius 3 is 2.83 bits per heavy atom. The molecule has 3 nitrogen and oxygen atoms in total. The fraction of sp³-hybridized carbons (Fsp3) is 0.214. The van der Waals surface area contributed by atoms with E-state index in [1.165, 1.54) is 12.1 Å². The topological polar surface area (TPSA) is 48.1 Å². The number of pyridine rings is 1. The summed E-state index contributed by atoms with van der Waals surface area (Å²) in [6, 6.07) is 9.68. The monoisotopic (exact) mass is 246 g/mol. The van der Waals surface area contributed by atoms with Crippen molar-refractivity contribution in [2.24, 2.45) is 5.73 Å². The van der Waals surface area contributed by atoms with Crippen LogP contribution in [0.4, 0.5) is 4.39 Å². The molecular weight excluding hydrogens is 231 g/mol. The van der Waals surface area contributed by atoms with Crippen molar-refractivity contribution in [3.8, 4) is 5.75 Å². The third-order valence-corrected chi connectivity index (χ3v) is 2.56. The zero-order valence-electron chi connectivity index (χ0n) is 10.1. The van der Waals surface area contributed by atoms with E-state index in [1.807, 2.05) is 18.2 Å². The van der Waals surface area contributed by atoms with Crippen LogP contribution < -0.4 is 10.5 Å². The molecule has 0 aliphatic carbocycles. The molecule has 0 saturated carbocycles. The number of hydrogen-bond donors (Lipinski definition) is 1. The van der Waals surface area contributed by atoms with Crippen molar-refractivity contribution in [2.45, 2.75) is 19.6 Å². The van der Waals surface area contributed by atoms with Crippen LogP contribution in [0.25, 0.3) is 0 Å². The average molecular weight is 246 g/mol. The molecule has 0 aliphatic heterocycles. The molecule has 0 aliphatic rings. The molecule has 4 heteroatoms. The summed E-state index contributed by atoms with van der Waals surface area (Å²) in [6.07, 6.45) is 1.70. The van der Waals surface area contributed by atoms with Gasteiger partial charge < -0.3 is 10.5 Å². The van der Waals surface area contributed by atoms with Crippen molar-refractivity contribution in [1.82, 2.24) is 4.98 Å².